The van der Waals surface area contributed by atoms with E-state index in [9.17, 15) is 23.4 Å². The minimum atomic E-state index is -3.36. The van der Waals surface area contributed by atoms with Gasteiger partial charge in [-0.15, -0.1) is 0 Å². The van der Waals surface area contributed by atoms with Crippen LogP contribution in [0, 0.1) is 0 Å². The van der Waals surface area contributed by atoms with Gasteiger partial charge in [0, 0.05) is 24.9 Å². The number of hydrogen-bond acceptors (Lipinski definition) is 4. The Labute approximate surface area is 163 Å². The molecular weight excluding hydrogens is 376 g/mol. The van der Waals surface area contributed by atoms with Crippen LogP contribution in [-0.4, -0.2) is 37.5 Å². The maximum atomic E-state index is 11.9. The lowest BCUT2D eigenvalue weighted by Gasteiger charge is -2.15. The highest BCUT2D eigenvalue weighted by Gasteiger charge is 2.18. The van der Waals surface area contributed by atoms with E-state index in [1.807, 2.05) is 42.5 Å². The lowest BCUT2D eigenvalue weighted by atomic mass is 9.90. The van der Waals surface area contributed by atoms with Crippen molar-refractivity contribution in [2.45, 2.75) is 11.3 Å². The minimum absolute atomic E-state index is 0.0225. The van der Waals surface area contributed by atoms with Gasteiger partial charge < -0.3 is 10.2 Å². The van der Waals surface area contributed by atoms with Gasteiger partial charge in [0.05, 0.1) is 4.90 Å². The number of sulfone groups is 1. The van der Waals surface area contributed by atoms with E-state index in [-0.39, 0.29) is 23.5 Å². The summed E-state index contributed by atoms with van der Waals surface area (Å²) in [5.74, 6) is -1.12. The van der Waals surface area contributed by atoms with Crippen molar-refractivity contribution < 1.29 is 23.4 Å². The number of carboxylic acids is 1. The summed E-state index contributed by atoms with van der Waals surface area (Å²) < 4.78 is 23.5. The van der Waals surface area contributed by atoms with Crippen molar-refractivity contribution in [1.29, 1.82) is 0 Å². The van der Waals surface area contributed by atoms with Crippen LogP contribution in [0.5, 0.6) is 0 Å². The molecule has 5 nitrogen and oxygen atoms in total. The van der Waals surface area contributed by atoms with Gasteiger partial charge in [-0.1, -0.05) is 48.5 Å². The van der Waals surface area contributed by atoms with Gasteiger partial charge in [0.1, 0.15) is 0 Å². The summed E-state index contributed by atoms with van der Waals surface area (Å²) in [7, 11) is -3.36. The van der Waals surface area contributed by atoms with Crippen LogP contribution in [0.25, 0.3) is 16.3 Å². The molecule has 0 fully saturated rings. The Balaban J connectivity index is 2.25. The molecule has 0 amide bonds. The van der Waals surface area contributed by atoms with E-state index in [1.54, 1.807) is 12.1 Å². The molecule has 0 aliphatic carbocycles. The molecule has 0 aliphatic rings. The first-order chi connectivity index (χ1) is 13.3. The molecule has 0 spiro atoms. The van der Waals surface area contributed by atoms with Crippen LogP contribution in [0.1, 0.15) is 17.5 Å². The number of benzene rings is 3. The highest BCUT2D eigenvalue weighted by molar-refractivity contribution is 7.90. The Morgan fingerprint density at radius 1 is 0.893 bits per heavy atom. The van der Waals surface area contributed by atoms with Crippen molar-refractivity contribution in [3.8, 4) is 0 Å². The van der Waals surface area contributed by atoms with Crippen molar-refractivity contribution in [3.05, 3.63) is 83.4 Å². The van der Waals surface area contributed by atoms with Crippen LogP contribution in [0.3, 0.4) is 0 Å². The van der Waals surface area contributed by atoms with Crippen molar-refractivity contribution in [2.75, 3.05) is 12.9 Å². The topological polar surface area (TPSA) is 91.7 Å². The summed E-state index contributed by atoms with van der Waals surface area (Å²) in [4.78, 5) is 12.1. The van der Waals surface area contributed by atoms with Gasteiger partial charge in [-0.3, -0.25) is 0 Å². The molecule has 2 N–H and O–H groups in total. The first-order valence-corrected chi connectivity index (χ1v) is 10.6. The molecule has 28 heavy (non-hydrogen) atoms. The number of aliphatic carboxylic acids is 1. The molecule has 0 radical (unpaired) electrons. The van der Waals surface area contributed by atoms with Gasteiger partial charge >= 0.3 is 5.97 Å². The monoisotopic (exact) mass is 396 g/mol. The Morgan fingerprint density at radius 3 is 2.07 bits per heavy atom. The second-order valence-corrected chi connectivity index (χ2v) is 8.51. The minimum Gasteiger partial charge on any atom is -0.478 e. The summed E-state index contributed by atoms with van der Waals surface area (Å²) in [6, 6.07) is 19.5. The van der Waals surface area contributed by atoms with Crippen LogP contribution >= 0.6 is 0 Å². The fraction of sp³-hybridized carbons (Fsp3) is 0.136. The normalized spacial score (nSPS) is 12.6. The zero-order chi connectivity index (χ0) is 20.3. The highest BCUT2D eigenvalue weighted by Crippen LogP contribution is 2.31. The smallest absolute Gasteiger partial charge is 0.332 e. The van der Waals surface area contributed by atoms with Crippen molar-refractivity contribution in [1.82, 2.24) is 0 Å². The van der Waals surface area contributed by atoms with E-state index in [2.05, 4.69) is 0 Å². The third kappa shape index (κ3) is 4.13. The lowest BCUT2D eigenvalue weighted by Crippen LogP contribution is -2.08. The number of rotatable bonds is 6. The molecule has 144 valence electrons. The van der Waals surface area contributed by atoms with Crippen LogP contribution in [0.2, 0.25) is 0 Å². The fourth-order valence-electron chi connectivity index (χ4n) is 3.18. The Bertz CT molecular complexity index is 1160. The predicted molar refractivity (Wildman–Crippen MR) is 109 cm³/mol. The summed E-state index contributed by atoms with van der Waals surface area (Å²) >= 11 is 0. The number of fused-ring (bicyclic) bond motifs is 1. The quantitative estimate of drug-likeness (QED) is 0.622. The number of carboxylic acid groups (broad SMARTS) is 1. The van der Waals surface area contributed by atoms with Crippen molar-refractivity contribution >= 4 is 32.2 Å². The standard InChI is InChI=1S/C22H20O5S/c1-28(26,27)19-10-8-16(9-11-19)21(20(12-13-23)22(24)25)18-7-6-15-4-2-3-5-17(15)14-18/h2-11,14,23H,12-13H2,1H3,(H,24,25). The zero-order valence-electron chi connectivity index (χ0n) is 15.3. The molecule has 0 bridgehead atoms. The van der Waals surface area contributed by atoms with E-state index in [0.29, 0.717) is 16.7 Å². The molecule has 0 aliphatic heterocycles. The maximum Gasteiger partial charge on any atom is 0.332 e. The number of aliphatic hydroxyl groups excluding tert-OH is 1. The third-order valence-electron chi connectivity index (χ3n) is 4.53. The molecule has 0 atom stereocenters. The van der Waals surface area contributed by atoms with E-state index in [1.165, 1.54) is 12.1 Å². The average Bonchev–Trinajstić information content (AvgIpc) is 2.67. The second-order valence-electron chi connectivity index (χ2n) is 6.49. The first-order valence-electron chi connectivity index (χ1n) is 8.68. The van der Waals surface area contributed by atoms with Crippen LogP contribution in [0.15, 0.2) is 77.2 Å². The second kappa shape index (κ2) is 7.96. The molecule has 0 saturated carbocycles. The third-order valence-corrected chi connectivity index (χ3v) is 5.66. The van der Waals surface area contributed by atoms with Gasteiger partial charge in [-0.2, -0.15) is 0 Å². The number of hydrogen-bond donors (Lipinski definition) is 2. The SMILES string of the molecule is CS(=O)(=O)c1ccc(C(=C(CCO)C(=O)O)c2ccc3ccccc3c2)cc1. The van der Waals surface area contributed by atoms with E-state index >= 15 is 0 Å². The predicted octanol–water partition coefficient (Wildman–Crippen LogP) is 3.51. The van der Waals surface area contributed by atoms with Gasteiger partial charge in [-0.05, 0) is 45.7 Å². The molecule has 0 unspecified atom stereocenters. The molecule has 3 aromatic rings. The van der Waals surface area contributed by atoms with E-state index < -0.39 is 15.8 Å². The molecule has 0 aromatic heterocycles. The molecule has 0 saturated heterocycles. The first kappa shape index (κ1) is 19.8. The van der Waals surface area contributed by atoms with Crippen LogP contribution in [-0.2, 0) is 14.6 Å². The number of carbonyl (C=O) groups is 1. The molecule has 0 heterocycles. The Hall–Kier alpha value is -2.96. The highest BCUT2D eigenvalue weighted by atomic mass is 32.2. The summed E-state index contributed by atoms with van der Waals surface area (Å²) in [6.07, 6.45) is 1.10. The van der Waals surface area contributed by atoms with E-state index in [4.69, 9.17) is 0 Å². The van der Waals surface area contributed by atoms with Gasteiger partial charge in [-0.25, -0.2) is 13.2 Å². The van der Waals surface area contributed by atoms with Gasteiger partial charge in [0.2, 0.25) is 0 Å². The van der Waals surface area contributed by atoms with Crippen molar-refractivity contribution in [3.63, 3.8) is 0 Å². The molecule has 3 aromatic carbocycles. The van der Waals surface area contributed by atoms with Gasteiger partial charge in [0.25, 0.3) is 0 Å². The van der Waals surface area contributed by atoms with Crippen molar-refractivity contribution in [2.24, 2.45) is 0 Å². The fourth-order valence-corrected chi connectivity index (χ4v) is 3.81. The molecular formula is C22H20O5S. The average molecular weight is 396 g/mol. The molecule has 6 heteroatoms. The summed E-state index contributed by atoms with van der Waals surface area (Å²) in [5, 5.41) is 21.1. The molecule has 3 rings (SSSR count). The Morgan fingerprint density at radius 2 is 1.50 bits per heavy atom. The summed E-state index contributed by atoms with van der Waals surface area (Å²) in [5.41, 5.74) is 1.81. The number of aliphatic hydroxyl groups is 1. The largest absolute Gasteiger partial charge is 0.478 e. The maximum absolute atomic E-state index is 11.9. The van der Waals surface area contributed by atoms with Crippen LogP contribution in [0.4, 0.5) is 0 Å². The Kier molecular flexibility index (Phi) is 5.63. The summed E-state index contributed by atoms with van der Waals surface area (Å²) in [6.45, 7) is -0.305. The zero-order valence-corrected chi connectivity index (χ0v) is 16.1. The lowest BCUT2D eigenvalue weighted by molar-refractivity contribution is -0.132. The van der Waals surface area contributed by atoms with E-state index in [0.717, 1.165) is 17.0 Å². The van der Waals surface area contributed by atoms with Crippen LogP contribution < -0.4 is 0 Å². The van der Waals surface area contributed by atoms with Gasteiger partial charge in [0.15, 0.2) is 9.84 Å².